The van der Waals surface area contributed by atoms with Gasteiger partial charge in [0.15, 0.2) is 0 Å². The van der Waals surface area contributed by atoms with Gasteiger partial charge in [-0.25, -0.2) is 4.79 Å². The van der Waals surface area contributed by atoms with Crippen molar-refractivity contribution in [1.82, 2.24) is 25.0 Å². The largest absolute Gasteiger partial charge is 0.417 e. The Morgan fingerprint density at radius 3 is 2.44 bits per heavy atom. The van der Waals surface area contributed by atoms with Gasteiger partial charge < -0.3 is 15.1 Å². The van der Waals surface area contributed by atoms with Crippen LogP contribution in [0.1, 0.15) is 63.8 Å². The van der Waals surface area contributed by atoms with Crippen LogP contribution in [0.15, 0.2) is 12.3 Å². The van der Waals surface area contributed by atoms with E-state index >= 15 is 0 Å². The molecule has 7 nitrogen and oxygen atoms in total. The zero-order valence-electron chi connectivity index (χ0n) is 21.9. The minimum Gasteiger partial charge on any atom is -0.341 e. The maximum atomic E-state index is 14.0. The fourth-order valence-corrected chi connectivity index (χ4v) is 6.59. The quantitative estimate of drug-likeness (QED) is 0.671. The minimum absolute atomic E-state index is 0.0492. The molecule has 1 saturated heterocycles. The summed E-state index contributed by atoms with van der Waals surface area (Å²) >= 11 is 0. The average molecular weight is 510 g/mol. The molecule has 1 saturated carbocycles. The van der Waals surface area contributed by atoms with Crippen LogP contribution in [-0.4, -0.2) is 76.4 Å². The number of piperazine rings is 1. The molecule has 36 heavy (non-hydrogen) atoms. The number of hydrogen-bond acceptors (Lipinski definition) is 4. The Morgan fingerprint density at radius 1 is 1.19 bits per heavy atom. The number of rotatable bonds is 3. The predicted octanol–water partition coefficient (Wildman–Crippen LogP) is 3.91. The van der Waals surface area contributed by atoms with E-state index < -0.39 is 17.2 Å². The van der Waals surface area contributed by atoms with Crippen molar-refractivity contribution in [2.24, 2.45) is 11.3 Å². The van der Waals surface area contributed by atoms with Gasteiger partial charge in [-0.15, -0.1) is 0 Å². The summed E-state index contributed by atoms with van der Waals surface area (Å²) in [6, 6.07) is 1.44. The molecule has 2 unspecified atom stereocenters. The third-order valence-electron chi connectivity index (χ3n) is 8.62. The van der Waals surface area contributed by atoms with Gasteiger partial charge >= 0.3 is 12.2 Å². The van der Waals surface area contributed by atoms with Gasteiger partial charge in [0.05, 0.1) is 11.0 Å². The summed E-state index contributed by atoms with van der Waals surface area (Å²) in [5, 5.41) is 2.73. The molecule has 1 N–H and O–H groups in total. The molecule has 4 rings (SSSR count). The van der Waals surface area contributed by atoms with E-state index in [1.54, 1.807) is 11.9 Å². The summed E-state index contributed by atoms with van der Waals surface area (Å²) in [5.41, 5.74) is -0.172. The first kappa shape index (κ1) is 26.7. The number of pyridine rings is 1. The molecule has 3 aliphatic rings. The van der Waals surface area contributed by atoms with Gasteiger partial charge in [0.1, 0.15) is 0 Å². The molecule has 1 aromatic heterocycles. The smallest absolute Gasteiger partial charge is 0.341 e. The van der Waals surface area contributed by atoms with Crippen LogP contribution >= 0.6 is 0 Å². The van der Waals surface area contributed by atoms with E-state index in [1.165, 1.54) is 0 Å². The number of urea groups is 1. The summed E-state index contributed by atoms with van der Waals surface area (Å²) in [6.07, 6.45) is -0.716. The fraction of sp³-hybridized carbons (Fsp3) is 0.731. The second-order valence-electron chi connectivity index (χ2n) is 11.1. The second-order valence-corrected chi connectivity index (χ2v) is 11.1. The third kappa shape index (κ3) is 4.80. The number of halogens is 3. The van der Waals surface area contributed by atoms with Crippen molar-refractivity contribution >= 4 is 11.9 Å². The molecule has 0 aromatic carbocycles. The molecular formula is C26H38F3N5O2. The van der Waals surface area contributed by atoms with Crippen LogP contribution in [0.3, 0.4) is 0 Å². The zero-order valence-corrected chi connectivity index (χ0v) is 21.9. The lowest BCUT2D eigenvalue weighted by Crippen LogP contribution is -2.62. The van der Waals surface area contributed by atoms with Crippen LogP contribution in [0, 0.1) is 11.3 Å². The minimum atomic E-state index is -4.46. The Balaban J connectivity index is 1.49. The molecule has 3 heterocycles. The SMILES string of the molecule is CNC(=O)N1C(C)CN([C@@H]2CC[C@@](C(=O)N3CCc4ncc(C(F)(F)F)cc4C3)(C(C)C)C2)CC1C. The number of nitrogens with zero attached hydrogens (tertiary/aromatic N) is 4. The van der Waals surface area contributed by atoms with Gasteiger partial charge in [0.2, 0.25) is 5.91 Å². The Bertz CT molecular complexity index is 988. The van der Waals surface area contributed by atoms with Gasteiger partial charge in [-0.1, -0.05) is 13.8 Å². The first-order valence-corrected chi connectivity index (χ1v) is 13.0. The van der Waals surface area contributed by atoms with Gasteiger partial charge in [-0.05, 0) is 50.7 Å². The number of fused-ring (bicyclic) bond motifs is 1. The standard InChI is InChI=1S/C26H38F3N5O2/c1-16(2)25(8-6-21(11-25)33-13-17(3)34(18(4)14-33)24(36)30-5)23(35)32-9-7-22-19(15-32)10-20(12-31-22)26(27,28)29/h10,12,16-18,21H,6-9,11,13-15H2,1-5H3,(H,30,36)/t17?,18?,21-,25+/m1/s1. The van der Waals surface area contributed by atoms with Crippen LogP contribution in [0.5, 0.6) is 0 Å². The number of nitrogens with one attached hydrogen (secondary N) is 1. The molecule has 3 amide bonds. The van der Waals surface area contributed by atoms with Crippen molar-refractivity contribution < 1.29 is 22.8 Å². The van der Waals surface area contributed by atoms with Crippen molar-refractivity contribution in [2.45, 2.75) is 84.2 Å². The van der Waals surface area contributed by atoms with E-state index in [2.05, 4.69) is 42.9 Å². The number of amides is 3. The molecule has 1 aromatic rings. The summed E-state index contributed by atoms with van der Waals surface area (Å²) in [7, 11) is 1.65. The van der Waals surface area contributed by atoms with E-state index in [9.17, 15) is 22.8 Å². The third-order valence-corrected chi connectivity index (χ3v) is 8.62. The van der Waals surface area contributed by atoms with Crippen molar-refractivity contribution in [3.63, 3.8) is 0 Å². The lowest BCUT2D eigenvalue weighted by molar-refractivity contribution is -0.146. The molecule has 0 radical (unpaired) electrons. The molecule has 1 aliphatic carbocycles. The molecule has 0 spiro atoms. The van der Waals surface area contributed by atoms with Crippen molar-refractivity contribution in [3.8, 4) is 0 Å². The topological polar surface area (TPSA) is 68.8 Å². The van der Waals surface area contributed by atoms with Crippen LogP contribution in [0.25, 0.3) is 0 Å². The van der Waals surface area contributed by atoms with Gasteiger partial charge in [0, 0.05) is 69.7 Å². The lowest BCUT2D eigenvalue weighted by atomic mass is 9.73. The summed E-state index contributed by atoms with van der Waals surface area (Å²) < 4.78 is 39.7. The summed E-state index contributed by atoms with van der Waals surface area (Å²) in [6.45, 7) is 10.4. The first-order valence-electron chi connectivity index (χ1n) is 13.0. The molecule has 2 aliphatic heterocycles. The Hall–Kier alpha value is -2.36. The lowest BCUT2D eigenvalue weighted by Gasteiger charge is -2.47. The molecule has 0 bridgehead atoms. The maximum absolute atomic E-state index is 14.0. The van der Waals surface area contributed by atoms with E-state index in [-0.39, 0.29) is 42.5 Å². The Labute approximate surface area is 211 Å². The van der Waals surface area contributed by atoms with Crippen LogP contribution in [-0.2, 0) is 23.9 Å². The van der Waals surface area contributed by atoms with Crippen molar-refractivity contribution in [1.29, 1.82) is 0 Å². The second kappa shape index (κ2) is 9.84. The molecule has 200 valence electrons. The first-order chi connectivity index (χ1) is 16.9. The number of hydrogen-bond donors (Lipinski definition) is 1. The van der Waals surface area contributed by atoms with E-state index in [1.807, 2.05) is 4.90 Å². The molecule has 2 fully saturated rings. The number of alkyl halides is 3. The summed E-state index contributed by atoms with van der Waals surface area (Å²) in [5.74, 6) is 0.159. The summed E-state index contributed by atoms with van der Waals surface area (Å²) in [4.78, 5) is 36.4. The highest BCUT2D eigenvalue weighted by atomic mass is 19.4. The maximum Gasteiger partial charge on any atom is 0.417 e. The molecule has 4 atom stereocenters. The predicted molar refractivity (Wildman–Crippen MR) is 130 cm³/mol. The Morgan fingerprint density at radius 2 is 1.86 bits per heavy atom. The normalized spacial score (nSPS) is 29.4. The van der Waals surface area contributed by atoms with E-state index in [0.29, 0.717) is 24.2 Å². The highest BCUT2D eigenvalue weighted by Crippen LogP contribution is 2.48. The van der Waals surface area contributed by atoms with E-state index in [0.717, 1.165) is 44.6 Å². The van der Waals surface area contributed by atoms with Crippen LogP contribution in [0.2, 0.25) is 0 Å². The number of carbonyl (C=O) groups excluding carboxylic acids is 2. The Kier molecular flexibility index (Phi) is 7.29. The van der Waals surface area contributed by atoms with Gasteiger partial charge in [-0.2, -0.15) is 13.2 Å². The number of carbonyl (C=O) groups is 2. The van der Waals surface area contributed by atoms with Crippen LogP contribution < -0.4 is 5.32 Å². The average Bonchev–Trinajstić information content (AvgIpc) is 3.28. The van der Waals surface area contributed by atoms with Crippen molar-refractivity contribution in [3.05, 3.63) is 29.1 Å². The number of aromatic nitrogens is 1. The fourth-order valence-electron chi connectivity index (χ4n) is 6.59. The highest BCUT2D eigenvalue weighted by molar-refractivity contribution is 5.84. The monoisotopic (exact) mass is 509 g/mol. The van der Waals surface area contributed by atoms with E-state index in [4.69, 9.17) is 0 Å². The zero-order chi connectivity index (χ0) is 26.4. The van der Waals surface area contributed by atoms with Gasteiger partial charge in [0.25, 0.3) is 0 Å². The molecular weight excluding hydrogens is 471 g/mol. The van der Waals surface area contributed by atoms with Crippen molar-refractivity contribution in [2.75, 3.05) is 26.7 Å². The highest BCUT2D eigenvalue weighted by Gasteiger charge is 2.51. The van der Waals surface area contributed by atoms with Crippen LogP contribution in [0.4, 0.5) is 18.0 Å². The molecule has 10 heteroatoms. The van der Waals surface area contributed by atoms with Gasteiger partial charge in [-0.3, -0.25) is 14.7 Å².